The monoisotopic (exact) mass is 222 g/mol. The van der Waals surface area contributed by atoms with E-state index >= 15 is 0 Å². The van der Waals surface area contributed by atoms with Crippen molar-refractivity contribution in [2.45, 2.75) is 78.1 Å². The molecule has 0 aromatic heterocycles. The molecule has 2 aliphatic rings. The van der Waals surface area contributed by atoms with E-state index in [4.69, 9.17) is 0 Å². The summed E-state index contributed by atoms with van der Waals surface area (Å²) < 4.78 is 0. The fraction of sp³-hybridized carbons (Fsp3) is 1.00. The predicted octanol–water partition coefficient (Wildman–Crippen LogP) is 5.42. The van der Waals surface area contributed by atoms with E-state index in [1.54, 1.807) is 25.7 Å². The lowest BCUT2D eigenvalue weighted by Crippen LogP contribution is -2.20. The van der Waals surface area contributed by atoms with Gasteiger partial charge in [0.05, 0.1) is 0 Å². The summed E-state index contributed by atoms with van der Waals surface area (Å²) in [5, 5.41) is 0. The lowest BCUT2D eigenvalue weighted by atomic mass is 9.76. The zero-order valence-corrected chi connectivity index (χ0v) is 11.4. The van der Waals surface area contributed by atoms with E-state index in [-0.39, 0.29) is 0 Å². The summed E-state index contributed by atoms with van der Waals surface area (Å²) in [4.78, 5) is 0. The molecule has 0 aliphatic heterocycles. The summed E-state index contributed by atoms with van der Waals surface area (Å²) >= 11 is 0. The summed E-state index contributed by atoms with van der Waals surface area (Å²) in [6.07, 6.45) is 15.3. The van der Waals surface area contributed by atoms with Crippen LogP contribution in [0.15, 0.2) is 0 Å². The van der Waals surface area contributed by atoms with Crippen LogP contribution in [0.4, 0.5) is 0 Å². The molecule has 0 saturated heterocycles. The lowest BCUT2D eigenvalue weighted by molar-refractivity contribution is 0.204. The highest BCUT2D eigenvalue weighted by atomic mass is 14.4. The molecule has 0 heteroatoms. The Labute approximate surface area is 102 Å². The molecule has 0 aromatic carbocycles. The van der Waals surface area contributed by atoms with E-state index in [1.807, 2.05) is 0 Å². The first kappa shape index (κ1) is 12.5. The molecule has 94 valence electrons. The Morgan fingerprint density at radius 1 is 0.750 bits per heavy atom. The molecule has 2 fully saturated rings. The third-order valence-corrected chi connectivity index (χ3v) is 5.09. The van der Waals surface area contributed by atoms with Crippen LogP contribution >= 0.6 is 0 Å². The van der Waals surface area contributed by atoms with Crippen molar-refractivity contribution in [1.29, 1.82) is 0 Å². The van der Waals surface area contributed by atoms with Gasteiger partial charge in [-0.05, 0) is 30.1 Å². The number of hydrogen-bond donors (Lipinski definition) is 0. The van der Waals surface area contributed by atoms with Crippen molar-refractivity contribution in [1.82, 2.24) is 0 Å². The van der Waals surface area contributed by atoms with Crippen molar-refractivity contribution in [3.05, 3.63) is 0 Å². The molecular weight excluding hydrogens is 192 g/mol. The van der Waals surface area contributed by atoms with E-state index in [0.29, 0.717) is 0 Å². The molecule has 0 heterocycles. The summed E-state index contributed by atoms with van der Waals surface area (Å²) in [5.41, 5.74) is 0. The van der Waals surface area contributed by atoms with Gasteiger partial charge in [0.1, 0.15) is 0 Å². The highest BCUT2D eigenvalue weighted by Gasteiger charge is 2.32. The van der Waals surface area contributed by atoms with Crippen molar-refractivity contribution in [2.75, 3.05) is 0 Å². The largest absolute Gasteiger partial charge is 0.0628 e. The summed E-state index contributed by atoms with van der Waals surface area (Å²) in [6, 6.07) is 0. The van der Waals surface area contributed by atoms with Gasteiger partial charge in [0.15, 0.2) is 0 Å². The molecule has 0 radical (unpaired) electrons. The first-order chi connectivity index (χ1) is 7.77. The second-order valence-electron chi connectivity index (χ2n) is 6.72. The third kappa shape index (κ3) is 3.25. The predicted molar refractivity (Wildman–Crippen MR) is 71.5 cm³/mol. The van der Waals surface area contributed by atoms with Crippen LogP contribution in [0.25, 0.3) is 0 Å². The Balaban J connectivity index is 1.88. The molecule has 0 nitrogen and oxygen atoms in total. The average molecular weight is 222 g/mol. The summed E-state index contributed by atoms with van der Waals surface area (Å²) in [7, 11) is 0. The van der Waals surface area contributed by atoms with E-state index in [0.717, 1.165) is 23.7 Å². The van der Waals surface area contributed by atoms with Crippen LogP contribution in [0.1, 0.15) is 78.1 Å². The standard InChI is InChI=1S/C16H30/c1-13(2)11-12-16(14-7-3-4-8-14)15-9-5-6-10-15/h13-16H,3-12H2,1-2H3. The molecule has 0 atom stereocenters. The molecule has 0 bridgehead atoms. The number of rotatable bonds is 5. The van der Waals surface area contributed by atoms with Crippen LogP contribution in [0, 0.1) is 23.7 Å². The van der Waals surface area contributed by atoms with E-state index < -0.39 is 0 Å². The molecule has 0 unspecified atom stereocenters. The maximum atomic E-state index is 2.39. The van der Waals surface area contributed by atoms with Crippen molar-refractivity contribution < 1.29 is 0 Å². The molecule has 0 aromatic rings. The third-order valence-electron chi connectivity index (χ3n) is 5.09. The van der Waals surface area contributed by atoms with Crippen LogP contribution in [-0.2, 0) is 0 Å². The SMILES string of the molecule is CC(C)CCC(C1CCCC1)C1CCCC1. The normalized spacial score (nSPS) is 24.0. The van der Waals surface area contributed by atoms with Crippen LogP contribution in [0.2, 0.25) is 0 Å². The van der Waals surface area contributed by atoms with Gasteiger partial charge in [-0.3, -0.25) is 0 Å². The van der Waals surface area contributed by atoms with Crippen molar-refractivity contribution in [2.24, 2.45) is 23.7 Å². The van der Waals surface area contributed by atoms with Crippen LogP contribution < -0.4 is 0 Å². The van der Waals surface area contributed by atoms with E-state index in [9.17, 15) is 0 Å². The molecule has 0 N–H and O–H groups in total. The minimum atomic E-state index is 0.908. The van der Waals surface area contributed by atoms with Gasteiger partial charge in [-0.1, -0.05) is 71.6 Å². The topological polar surface area (TPSA) is 0 Å². The zero-order chi connectivity index (χ0) is 11.4. The Kier molecular flexibility index (Phi) is 4.73. The van der Waals surface area contributed by atoms with Crippen molar-refractivity contribution in [3.63, 3.8) is 0 Å². The maximum Gasteiger partial charge on any atom is -0.0357 e. The molecule has 16 heavy (non-hydrogen) atoms. The smallest absolute Gasteiger partial charge is 0.0357 e. The van der Waals surface area contributed by atoms with Crippen molar-refractivity contribution in [3.8, 4) is 0 Å². The first-order valence-electron chi connectivity index (χ1n) is 7.77. The molecule has 2 rings (SSSR count). The highest BCUT2D eigenvalue weighted by Crippen LogP contribution is 2.44. The fourth-order valence-corrected chi connectivity index (χ4v) is 4.15. The van der Waals surface area contributed by atoms with Crippen molar-refractivity contribution >= 4 is 0 Å². The fourth-order valence-electron chi connectivity index (χ4n) is 4.15. The zero-order valence-electron chi connectivity index (χ0n) is 11.4. The van der Waals surface area contributed by atoms with Gasteiger partial charge in [0, 0.05) is 0 Å². The van der Waals surface area contributed by atoms with Gasteiger partial charge in [-0.2, -0.15) is 0 Å². The van der Waals surface area contributed by atoms with Gasteiger partial charge in [0.2, 0.25) is 0 Å². The molecule has 0 amide bonds. The quantitative estimate of drug-likeness (QED) is 0.582. The van der Waals surface area contributed by atoms with Gasteiger partial charge >= 0.3 is 0 Å². The second-order valence-corrected chi connectivity index (χ2v) is 6.72. The van der Waals surface area contributed by atoms with Crippen LogP contribution in [0.3, 0.4) is 0 Å². The lowest BCUT2D eigenvalue weighted by Gasteiger charge is -2.30. The summed E-state index contributed by atoms with van der Waals surface area (Å²) in [6.45, 7) is 4.78. The second kappa shape index (κ2) is 6.07. The van der Waals surface area contributed by atoms with Crippen LogP contribution in [-0.4, -0.2) is 0 Å². The Morgan fingerprint density at radius 3 is 1.56 bits per heavy atom. The molecule has 2 aliphatic carbocycles. The molecule has 2 saturated carbocycles. The average Bonchev–Trinajstić information content (AvgIpc) is 2.88. The minimum absolute atomic E-state index is 0.908. The minimum Gasteiger partial charge on any atom is -0.0628 e. The Morgan fingerprint density at radius 2 is 1.19 bits per heavy atom. The number of hydrogen-bond acceptors (Lipinski definition) is 0. The van der Waals surface area contributed by atoms with Crippen LogP contribution in [0.5, 0.6) is 0 Å². The van der Waals surface area contributed by atoms with Gasteiger partial charge in [-0.25, -0.2) is 0 Å². The van der Waals surface area contributed by atoms with Gasteiger partial charge in [-0.15, -0.1) is 0 Å². The summed E-state index contributed by atoms with van der Waals surface area (Å²) in [5.74, 6) is 4.24. The van der Waals surface area contributed by atoms with E-state index in [2.05, 4.69) is 13.8 Å². The van der Waals surface area contributed by atoms with E-state index in [1.165, 1.54) is 38.5 Å². The molecular formula is C16H30. The highest BCUT2D eigenvalue weighted by molar-refractivity contribution is 4.83. The first-order valence-corrected chi connectivity index (χ1v) is 7.77. The van der Waals surface area contributed by atoms with Gasteiger partial charge in [0.25, 0.3) is 0 Å². The maximum absolute atomic E-state index is 2.39. The molecule has 0 spiro atoms. The van der Waals surface area contributed by atoms with Gasteiger partial charge < -0.3 is 0 Å². The Hall–Kier alpha value is 0. The Bertz CT molecular complexity index is 166.